The first kappa shape index (κ1) is 14.9. The van der Waals surface area contributed by atoms with Gasteiger partial charge in [0.05, 0.1) is 12.0 Å². The third-order valence-electron chi connectivity index (χ3n) is 3.72. The summed E-state index contributed by atoms with van der Waals surface area (Å²) in [6.07, 6.45) is 5.40. The van der Waals surface area contributed by atoms with Gasteiger partial charge < -0.3 is 21.3 Å². The third-order valence-corrected chi connectivity index (χ3v) is 3.72. The summed E-state index contributed by atoms with van der Waals surface area (Å²) in [6.45, 7) is -0.391. The number of carbonyl (C=O) groups excluding carboxylic acids is 1. The van der Waals surface area contributed by atoms with Crippen LogP contribution in [0, 0.1) is 5.41 Å². The molecule has 0 aromatic heterocycles. The fourth-order valence-electron chi connectivity index (χ4n) is 2.43. The van der Waals surface area contributed by atoms with E-state index in [1.165, 1.54) is 0 Å². The molecule has 1 atom stereocenters. The van der Waals surface area contributed by atoms with E-state index in [-0.39, 0.29) is 12.5 Å². The number of nitrogens with one attached hydrogen (secondary N) is 1. The second kappa shape index (κ2) is 6.70. The Kier molecular flexibility index (Phi) is 5.55. The van der Waals surface area contributed by atoms with Crippen LogP contribution in [-0.2, 0) is 9.59 Å². The first-order chi connectivity index (χ1) is 8.55. The van der Waals surface area contributed by atoms with E-state index in [0.717, 1.165) is 25.7 Å². The Morgan fingerprint density at radius 2 is 1.78 bits per heavy atom. The van der Waals surface area contributed by atoms with Gasteiger partial charge in [-0.3, -0.25) is 4.79 Å². The van der Waals surface area contributed by atoms with E-state index in [4.69, 9.17) is 15.9 Å². The lowest BCUT2D eigenvalue weighted by Crippen LogP contribution is -2.52. The Labute approximate surface area is 107 Å². The fraction of sp³-hybridized carbons (Fsp3) is 0.833. The molecule has 0 aliphatic heterocycles. The van der Waals surface area contributed by atoms with Crippen molar-refractivity contribution in [3.05, 3.63) is 0 Å². The van der Waals surface area contributed by atoms with Crippen LogP contribution in [0.2, 0.25) is 0 Å². The third kappa shape index (κ3) is 3.43. The average molecular weight is 258 g/mol. The highest BCUT2D eigenvalue weighted by molar-refractivity contribution is 5.87. The van der Waals surface area contributed by atoms with Gasteiger partial charge in [0.15, 0.2) is 0 Å². The number of amides is 1. The smallest absolute Gasteiger partial charge is 0.328 e. The Hall–Kier alpha value is -1.14. The molecule has 0 radical (unpaired) electrons. The number of aliphatic hydroxyl groups excluding tert-OH is 1. The van der Waals surface area contributed by atoms with Crippen LogP contribution in [0.4, 0.5) is 0 Å². The summed E-state index contributed by atoms with van der Waals surface area (Å²) in [5, 5.41) is 20.1. The summed E-state index contributed by atoms with van der Waals surface area (Å²) in [5.41, 5.74) is 5.06. The van der Waals surface area contributed by atoms with Gasteiger partial charge in [-0.05, 0) is 12.8 Å². The molecule has 0 saturated heterocycles. The topological polar surface area (TPSA) is 113 Å². The lowest BCUT2D eigenvalue weighted by molar-refractivity contribution is -0.145. The highest BCUT2D eigenvalue weighted by Gasteiger charge is 2.38. The van der Waals surface area contributed by atoms with E-state index in [2.05, 4.69) is 5.32 Å². The van der Waals surface area contributed by atoms with Crippen molar-refractivity contribution >= 4 is 11.9 Å². The van der Waals surface area contributed by atoms with Crippen molar-refractivity contribution in [2.45, 2.75) is 44.6 Å². The normalized spacial score (nSPS) is 20.8. The molecular weight excluding hydrogens is 236 g/mol. The van der Waals surface area contributed by atoms with Crippen LogP contribution in [0.1, 0.15) is 38.5 Å². The maximum Gasteiger partial charge on any atom is 0.328 e. The summed E-state index contributed by atoms with van der Waals surface area (Å²) in [5.74, 6) is -1.57. The van der Waals surface area contributed by atoms with Crippen LogP contribution in [0.5, 0.6) is 0 Å². The van der Waals surface area contributed by atoms with Crippen molar-refractivity contribution in [1.29, 1.82) is 0 Å². The van der Waals surface area contributed by atoms with Crippen LogP contribution in [0.3, 0.4) is 0 Å². The Morgan fingerprint density at radius 3 is 2.17 bits per heavy atom. The number of aliphatic hydroxyl groups is 1. The van der Waals surface area contributed by atoms with Crippen LogP contribution in [-0.4, -0.2) is 41.3 Å². The molecule has 1 rings (SSSR count). The molecule has 104 valence electrons. The second-order valence-electron chi connectivity index (χ2n) is 4.95. The zero-order chi connectivity index (χ0) is 13.6. The number of carboxylic acid groups (broad SMARTS) is 1. The van der Waals surface area contributed by atoms with E-state index < -0.39 is 24.0 Å². The van der Waals surface area contributed by atoms with Crippen LogP contribution < -0.4 is 11.1 Å². The van der Waals surface area contributed by atoms with Gasteiger partial charge in [-0.15, -0.1) is 0 Å². The molecule has 1 fully saturated rings. The molecule has 1 aliphatic rings. The molecule has 0 bridgehead atoms. The number of carboxylic acids is 1. The van der Waals surface area contributed by atoms with Gasteiger partial charge in [0, 0.05) is 6.54 Å². The van der Waals surface area contributed by atoms with Gasteiger partial charge in [0.2, 0.25) is 5.91 Å². The van der Waals surface area contributed by atoms with E-state index in [0.29, 0.717) is 12.8 Å². The van der Waals surface area contributed by atoms with E-state index in [1.807, 2.05) is 0 Å². The maximum atomic E-state index is 12.2. The highest BCUT2D eigenvalue weighted by atomic mass is 16.4. The number of aliphatic carboxylic acids is 1. The average Bonchev–Trinajstić information content (AvgIpc) is 2.61. The predicted octanol–water partition coefficient (Wildman–Crippen LogP) is -0.153. The summed E-state index contributed by atoms with van der Waals surface area (Å²) < 4.78 is 0. The molecule has 0 aromatic carbocycles. The maximum absolute atomic E-state index is 12.2. The number of nitrogens with two attached hydrogens (primary N) is 1. The highest BCUT2D eigenvalue weighted by Crippen LogP contribution is 2.34. The zero-order valence-corrected chi connectivity index (χ0v) is 10.5. The number of carbonyl (C=O) groups is 2. The molecule has 18 heavy (non-hydrogen) atoms. The summed E-state index contributed by atoms with van der Waals surface area (Å²) in [6, 6.07) is -1.25. The number of rotatable bonds is 5. The van der Waals surface area contributed by atoms with E-state index in [1.54, 1.807) is 0 Å². The largest absolute Gasteiger partial charge is 0.480 e. The van der Waals surface area contributed by atoms with Gasteiger partial charge in [-0.2, -0.15) is 0 Å². The first-order valence-electron chi connectivity index (χ1n) is 6.40. The molecule has 0 unspecified atom stereocenters. The van der Waals surface area contributed by atoms with Crippen molar-refractivity contribution in [1.82, 2.24) is 5.32 Å². The Morgan fingerprint density at radius 1 is 1.22 bits per heavy atom. The van der Waals surface area contributed by atoms with Gasteiger partial charge in [0.1, 0.15) is 6.04 Å². The summed E-state index contributed by atoms with van der Waals surface area (Å²) >= 11 is 0. The zero-order valence-electron chi connectivity index (χ0n) is 10.5. The minimum Gasteiger partial charge on any atom is -0.480 e. The van der Waals surface area contributed by atoms with Gasteiger partial charge >= 0.3 is 5.97 Å². The fourth-order valence-corrected chi connectivity index (χ4v) is 2.43. The standard InChI is InChI=1S/C12H22N2O4/c13-8-12(5-3-1-2-4-6-12)11(18)14-9(7-15)10(16)17/h9,15H,1-8,13H2,(H,14,18)(H,16,17)/t9-/m1/s1. The van der Waals surface area contributed by atoms with Gasteiger partial charge in [-0.1, -0.05) is 25.7 Å². The van der Waals surface area contributed by atoms with Crippen molar-refractivity contribution < 1.29 is 19.8 Å². The van der Waals surface area contributed by atoms with Crippen molar-refractivity contribution in [2.24, 2.45) is 11.1 Å². The predicted molar refractivity (Wildman–Crippen MR) is 65.8 cm³/mol. The molecular formula is C12H22N2O4. The first-order valence-corrected chi connectivity index (χ1v) is 6.40. The molecule has 6 nitrogen and oxygen atoms in total. The van der Waals surface area contributed by atoms with Crippen molar-refractivity contribution in [2.75, 3.05) is 13.2 Å². The monoisotopic (exact) mass is 258 g/mol. The van der Waals surface area contributed by atoms with Crippen molar-refractivity contribution in [3.63, 3.8) is 0 Å². The Bertz CT molecular complexity index is 298. The SMILES string of the molecule is NCC1(C(=O)N[C@H](CO)C(=O)O)CCCCCC1. The summed E-state index contributed by atoms with van der Waals surface area (Å²) in [7, 11) is 0. The lowest BCUT2D eigenvalue weighted by Gasteiger charge is -2.31. The molecule has 1 amide bonds. The second-order valence-corrected chi connectivity index (χ2v) is 4.95. The minimum absolute atomic E-state index is 0.219. The van der Waals surface area contributed by atoms with Gasteiger partial charge in [0.25, 0.3) is 0 Å². The molecule has 1 saturated carbocycles. The van der Waals surface area contributed by atoms with E-state index in [9.17, 15) is 9.59 Å². The number of hydrogen-bond donors (Lipinski definition) is 4. The molecule has 0 aromatic rings. The molecule has 5 N–H and O–H groups in total. The van der Waals surface area contributed by atoms with Crippen LogP contribution >= 0.6 is 0 Å². The quantitative estimate of drug-likeness (QED) is 0.512. The molecule has 6 heteroatoms. The summed E-state index contributed by atoms with van der Waals surface area (Å²) in [4.78, 5) is 23.0. The minimum atomic E-state index is -1.25. The van der Waals surface area contributed by atoms with Crippen LogP contribution in [0.25, 0.3) is 0 Å². The molecule has 0 heterocycles. The van der Waals surface area contributed by atoms with E-state index >= 15 is 0 Å². The Balaban J connectivity index is 2.74. The van der Waals surface area contributed by atoms with Crippen molar-refractivity contribution in [3.8, 4) is 0 Å². The van der Waals surface area contributed by atoms with Gasteiger partial charge in [-0.25, -0.2) is 4.79 Å². The molecule has 1 aliphatic carbocycles. The lowest BCUT2D eigenvalue weighted by atomic mass is 9.79. The van der Waals surface area contributed by atoms with Crippen LogP contribution in [0.15, 0.2) is 0 Å². The number of hydrogen-bond acceptors (Lipinski definition) is 4. The molecule has 0 spiro atoms.